The minimum absolute atomic E-state index is 0.0178. The summed E-state index contributed by atoms with van der Waals surface area (Å²) in [5.74, 6) is -3.30. The van der Waals surface area contributed by atoms with Gasteiger partial charge in [-0.25, -0.2) is 8.78 Å². The van der Waals surface area contributed by atoms with Gasteiger partial charge in [0.2, 0.25) is 0 Å². The first-order valence-corrected chi connectivity index (χ1v) is 4.62. The summed E-state index contributed by atoms with van der Waals surface area (Å²) in [5, 5.41) is 8.39. The molecule has 0 amide bonds. The number of aliphatic imine (C=N–C) groups is 1. The number of hydrogen-bond donors (Lipinski definition) is 3. The summed E-state index contributed by atoms with van der Waals surface area (Å²) in [6, 6.07) is -1.44. The van der Waals surface area contributed by atoms with E-state index in [-0.39, 0.29) is 18.8 Å². The van der Waals surface area contributed by atoms with Crippen molar-refractivity contribution in [1.82, 2.24) is 0 Å². The summed E-state index contributed by atoms with van der Waals surface area (Å²) >= 11 is 0. The lowest BCUT2D eigenvalue weighted by Gasteiger charge is -2.04. The summed E-state index contributed by atoms with van der Waals surface area (Å²) in [7, 11) is 0. The lowest BCUT2D eigenvalue weighted by molar-refractivity contribution is -0.138. The van der Waals surface area contributed by atoms with Crippen LogP contribution in [0.2, 0.25) is 0 Å². The van der Waals surface area contributed by atoms with E-state index in [2.05, 4.69) is 4.99 Å². The van der Waals surface area contributed by atoms with Crippen LogP contribution in [0.25, 0.3) is 0 Å². The third-order valence-electron chi connectivity index (χ3n) is 1.70. The Bertz CT molecular complexity index is 312. The van der Waals surface area contributed by atoms with Gasteiger partial charge in [-0.1, -0.05) is 0 Å². The second-order valence-electron chi connectivity index (χ2n) is 3.23. The van der Waals surface area contributed by atoms with Crippen molar-refractivity contribution in [2.24, 2.45) is 16.5 Å². The van der Waals surface area contributed by atoms with Crippen LogP contribution in [0.15, 0.2) is 16.6 Å². The van der Waals surface area contributed by atoms with E-state index in [1.54, 1.807) is 0 Å². The average molecular weight is 235 g/mol. The van der Waals surface area contributed by atoms with Crippen molar-refractivity contribution in [1.29, 1.82) is 0 Å². The number of nitrogens with zero attached hydrogens (tertiary/aromatic N) is 1. The Hall–Kier alpha value is -1.50. The molecule has 0 aromatic rings. The molecule has 0 heterocycles. The van der Waals surface area contributed by atoms with Gasteiger partial charge >= 0.3 is 5.97 Å². The molecule has 16 heavy (non-hydrogen) atoms. The molecule has 0 saturated heterocycles. The second-order valence-corrected chi connectivity index (χ2v) is 3.23. The first-order valence-electron chi connectivity index (χ1n) is 4.62. The number of halogens is 2. The van der Waals surface area contributed by atoms with E-state index >= 15 is 0 Å². The molecule has 0 fully saturated rings. The molecule has 0 aromatic carbocycles. The van der Waals surface area contributed by atoms with Crippen LogP contribution in [-0.2, 0) is 4.79 Å². The van der Waals surface area contributed by atoms with Gasteiger partial charge in [-0.2, -0.15) is 0 Å². The molecule has 0 spiro atoms. The van der Waals surface area contributed by atoms with Gasteiger partial charge in [0.25, 0.3) is 0 Å². The first kappa shape index (κ1) is 14.5. The highest BCUT2D eigenvalue weighted by molar-refractivity contribution is 5.77. The second kappa shape index (κ2) is 6.89. The van der Waals surface area contributed by atoms with E-state index in [9.17, 15) is 13.6 Å². The predicted octanol–water partition coefficient (Wildman–Crippen LogP) is 0.706. The van der Waals surface area contributed by atoms with Gasteiger partial charge in [0.05, 0.1) is 5.84 Å². The Morgan fingerprint density at radius 1 is 1.44 bits per heavy atom. The van der Waals surface area contributed by atoms with E-state index in [4.69, 9.17) is 16.6 Å². The fourth-order valence-corrected chi connectivity index (χ4v) is 0.857. The molecule has 0 aromatic heterocycles. The van der Waals surface area contributed by atoms with Crippen LogP contribution in [-0.4, -0.2) is 29.5 Å². The Labute approximate surface area is 91.8 Å². The number of carboxylic acids is 1. The highest BCUT2D eigenvalue weighted by Crippen LogP contribution is 2.16. The van der Waals surface area contributed by atoms with Crippen molar-refractivity contribution in [2.75, 3.05) is 6.54 Å². The zero-order valence-electron chi connectivity index (χ0n) is 8.91. The van der Waals surface area contributed by atoms with E-state index in [0.29, 0.717) is 0 Å². The number of nitrogens with two attached hydrogens (primary N) is 2. The van der Waals surface area contributed by atoms with E-state index in [0.717, 1.165) is 0 Å². The summed E-state index contributed by atoms with van der Waals surface area (Å²) in [5.41, 5.74) is 10.2. The summed E-state index contributed by atoms with van der Waals surface area (Å²) in [6.07, 6.45) is -0.917. The van der Waals surface area contributed by atoms with E-state index in [1.807, 2.05) is 0 Å². The molecule has 5 nitrogen and oxygen atoms in total. The molecule has 5 N–H and O–H groups in total. The SMILES string of the molecule is CC(N)=NCC/C(F)=C(\F)CC(N)C(=O)O. The topological polar surface area (TPSA) is 102 Å². The molecular weight excluding hydrogens is 220 g/mol. The van der Waals surface area contributed by atoms with Crippen LogP contribution in [0, 0.1) is 0 Å². The zero-order valence-corrected chi connectivity index (χ0v) is 8.91. The molecule has 0 saturated carbocycles. The number of hydrogen-bond acceptors (Lipinski definition) is 3. The molecule has 1 unspecified atom stereocenters. The molecule has 0 aliphatic heterocycles. The third kappa shape index (κ3) is 6.07. The van der Waals surface area contributed by atoms with Gasteiger partial charge in [0, 0.05) is 19.4 Å². The van der Waals surface area contributed by atoms with E-state index < -0.39 is 30.1 Å². The van der Waals surface area contributed by atoms with Gasteiger partial charge in [0.15, 0.2) is 0 Å². The predicted molar refractivity (Wildman–Crippen MR) is 56.3 cm³/mol. The van der Waals surface area contributed by atoms with Crippen LogP contribution >= 0.6 is 0 Å². The number of carboxylic acid groups (broad SMARTS) is 1. The Balaban J connectivity index is 4.25. The molecular formula is C9H15F2N3O2. The molecule has 0 aliphatic rings. The fraction of sp³-hybridized carbons (Fsp3) is 0.556. The van der Waals surface area contributed by atoms with Gasteiger partial charge in [0.1, 0.15) is 17.7 Å². The number of carbonyl (C=O) groups is 1. The van der Waals surface area contributed by atoms with Gasteiger partial charge < -0.3 is 16.6 Å². The third-order valence-corrected chi connectivity index (χ3v) is 1.70. The minimum atomic E-state index is -1.44. The quantitative estimate of drug-likeness (QED) is 0.466. The van der Waals surface area contributed by atoms with Crippen molar-refractivity contribution in [3.05, 3.63) is 11.7 Å². The van der Waals surface area contributed by atoms with Crippen LogP contribution in [0.1, 0.15) is 19.8 Å². The Morgan fingerprint density at radius 2 is 2.00 bits per heavy atom. The smallest absolute Gasteiger partial charge is 0.320 e. The highest BCUT2D eigenvalue weighted by Gasteiger charge is 2.16. The van der Waals surface area contributed by atoms with Crippen molar-refractivity contribution in [3.8, 4) is 0 Å². The Morgan fingerprint density at radius 3 is 2.44 bits per heavy atom. The Kier molecular flexibility index (Phi) is 6.24. The van der Waals surface area contributed by atoms with Crippen LogP contribution < -0.4 is 11.5 Å². The average Bonchev–Trinajstić information content (AvgIpc) is 2.16. The summed E-state index contributed by atoms with van der Waals surface area (Å²) in [4.78, 5) is 14.0. The van der Waals surface area contributed by atoms with Gasteiger partial charge in [-0.05, 0) is 6.92 Å². The maximum Gasteiger partial charge on any atom is 0.320 e. The fourth-order valence-electron chi connectivity index (χ4n) is 0.857. The van der Waals surface area contributed by atoms with Crippen molar-refractivity contribution >= 4 is 11.8 Å². The maximum atomic E-state index is 13.0. The molecule has 0 rings (SSSR count). The number of rotatable bonds is 6. The number of amidine groups is 1. The summed E-state index contributed by atoms with van der Waals surface area (Å²) in [6.45, 7) is 1.54. The highest BCUT2D eigenvalue weighted by atomic mass is 19.2. The molecule has 0 bridgehead atoms. The molecule has 7 heteroatoms. The molecule has 1 atom stereocenters. The van der Waals surface area contributed by atoms with Crippen LogP contribution in [0.4, 0.5) is 8.78 Å². The number of aliphatic carboxylic acids is 1. The van der Waals surface area contributed by atoms with Crippen molar-refractivity contribution in [2.45, 2.75) is 25.8 Å². The molecule has 0 radical (unpaired) electrons. The largest absolute Gasteiger partial charge is 0.480 e. The summed E-state index contributed by atoms with van der Waals surface area (Å²) < 4.78 is 26.0. The lowest BCUT2D eigenvalue weighted by atomic mass is 10.2. The van der Waals surface area contributed by atoms with Crippen LogP contribution in [0.5, 0.6) is 0 Å². The normalized spacial score (nSPS) is 15.6. The van der Waals surface area contributed by atoms with Crippen LogP contribution in [0.3, 0.4) is 0 Å². The zero-order chi connectivity index (χ0) is 12.7. The molecule has 0 aliphatic carbocycles. The van der Waals surface area contributed by atoms with Crippen molar-refractivity contribution in [3.63, 3.8) is 0 Å². The monoisotopic (exact) mass is 235 g/mol. The lowest BCUT2D eigenvalue weighted by Crippen LogP contribution is -2.30. The minimum Gasteiger partial charge on any atom is -0.480 e. The van der Waals surface area contributed by atoms with E-state index in [1.165, 1.54) is 6.92 Å². The van der Waals surface area contributed by atoms with Gasteiger partial charge in [-0.3, -0.25) is 9.79 Å². The van der Waals surface area contributed by atoms with Crippen molar-refractivity contribution < 1.29 is 18.7 Å². The maximum absolute atomic E-state index is 13.0. The standard InChI is InChI=1S/C9H15F2N3O2/c1-5(12)14-3-2-6(10)7(11)4-8(13)9(15)16/h8H,2-4,13H2,1H3,(H2,12,14)(H,15,16)/b7-6+. The first-order chi connectivity index (χ1) is 7.34. The molecule has 92 valence electrons. The van der Waals surface area contributed by atoms with Gasteiger partial charge in [-0.15, -0.1) is 0 Å².